The van der Waals surface area contributed by atoms with Gasteiger partial charge in [0.2, 0.25) is 11.8 Å². The van der Waals surface area contributed by atoms with Crippen LogP contribution < -0.4 is 5.32 Å². The zero-order chi connectivity index (χ0) is 32.3. The maximum Gasteiger partial charge on any atom is 0.334 e. The van der Waals surface area contributed by atoms with Crippen molar-refractivity contribution >= 4 is 34.5 Å². The molecule has 1 N–H and O–H groups in total. The molecule has 238 valence electrons. The predicted octanol–water partition coefficient (Wildman–Crippen LogP) is 4.80. The summed E-state index contributed by atoms with van der Waals surface area (Å²) < 4.78 is 2.13. The fourth-order valence-electron chi connectivity index (χ4n) is 6.28. The molecule has 0 spiro atoms. The molecule has 0 saturated carbocycles. The second-order valence-corrected chi connectivity index (χ2v) is 13.1. The first-order valence-electron chi connectivity index (χ1n) is 15.7. The van der Waals surface area contributed by atoms with E-state index < -0.39 is 6.17 Å². The summed E-state index contributed by atoms with van der Waals surface area (Å²) in [6, 6.07) is 15.2. The lowest BCUT2D eigenvalue weighted by Crippen LogP contribution is -2.73. The predicted molar refractivity (Wildman–Crippen MR) is 174 cm³/mol. The van der Waals surface area contributed by atoms with Gasteiger partial charge < -0.3 is 19.7 Å². The van der Waals surface area contributed by atoms with Crippen LogP contribution in [-0.2, 0) is 29.2 Å². The van der Waals surface area contributed by atoms with Crippen LogP contribution in [0.4, 0.5) is 4.79 Å². The molecule has 1 unspecified atom stereocenters. The average molecular weight is 613 g/mol. The molecule has 2 aromatic carbocycles. The molecule has 3 aromatic rings. The zero-order valence-corrected chi connectivity index (χ0v) is 26.8. The van der Waals surface area contributed by atoms with Crippen molar-refractivity contribution in [2.45, 2.75) is 66.3 Å². The molecular formula is C35H44N6O4. The van der Waals surface area contributed by atoms with Gasteiger partial charge in [-0.3, -0.25) is 14.4 Å². The van der Waals surface area contributed by atoms with E-state index in [0.29, 0.717) is 25.1 Å². The number of Topliss-reactive ketones (excluding diaryl/α,β-unsaturated/α-hetero) is 1. The summed E-state index contributed by atoms with van der Waals surface area (Å²) in [6.45, 7) is 13.8. The Balaban J connectivity index is 1.45. The summed E-state index contributed by atoms with van der Waals surface area (Å²) in [5, 5.41) is 7.12. The van der Waals surface area contributed by atoms with E-state index in [9.17, 15) is 19.2 Å². The van der Waals surface area contributed by atoms with E-state index in [1.807, 2.05) is 54.7 Å². The number of fused-ring (bicyclic) bond motifs is 2. The van der Waals surface area contributed by atoms with Crippen molar-refractivity contribution in [2.75, 3.05) is 26.2 Å². The Bertz CT molecular complexity index is 1590. The highest BCUT2D eigenvalue weighted by Crippen LogP contribution is 2.31. The molecule has 3 heterocycles. The number of benzene rings is 2. The Morgan fingerprint density at radius 3 is 2.47 bits per heavy atom. The van der Waals surface area contributed by atoms with Gasteiger partial charge in [0, 0.05) is 49.7 Å². The number of hydrazine groups is 1. The molecule has 2 fully saturated rings. The van der Waals surface area contributed by atoms with E-state index in [1.165, 1.54) is 4.90 Å². The summed E-state index contributed by atoms with van der Waals surface area (Å²) in [5.41, 5.74) is 3.37. The number of para-hydroxylation sites is 1. The molecule has 2 aliphatic rings. The largest absolute Gasteiger partial charge is 0.346 e. The summed E-state index contributed by atoms with van der Waals surface area (Å²) in [5.74, 6) is -0.289. The lowest BCUT2D eigenvalue weighted by Gasteiger charge is -2.52. The summed E-state index contributed by atoms with van der Waals surface area (Å²) >= 11 is 0. The van der Waals surface area contributed by atoms with Crippen molar-refractivity contribution in [3.8, 4) is 0 Å². The van der Waals surface area contributed by atoms with Crippen LogP contribution in [0.1, 0.15) is 62.0 Å². The van der Waals surface area contributed by atoms with Gasteiger partial charge in [0.1, 0.15) is 12.7 Å². The van der Waals surface area contributed by atoms with E-state index >= 15 is 0 Å². The van der Waals surface area contributed by atoms with Crippen molar-refractivity contribution in [3.05, 3.63) is 84.1 Å². The Labute approximate surface area is 265 Å². The molecule has 0 radical (unpaired) electrons. The molecule has 10 nitrogen and oxygen atoms in total. The summed E-state index contributed by atoms with van der Waals surface area (Å²) in [4.78, 5) is 57.0. The SMILES string of the molecule is C=CCN1CC(=O)N2CC(=O)N(Cc3cccc4c(C(=O)CC(C)(C)C)cn(CCC)c34)CC2N1C(=O)NCc1ccccc1. The molecule has 0 aliphatic carbocycles. The molecule has 0 bridgehead atoms. The summed E-state index contributed by atoms with van der Waals surface area (Å²) in [6.07, 6.45) is 4.26. The van der Waals surface area contributed by atoms with E-state index in [4.69, 9.17) is 0 Å². The van der Waals surface area contributed by atoms with E-state index in [-0.39, 0.29) is 55.2 Å². The van der Waals surface area contributed by atoms with Crippen LogP contribution in [-0.4, -0.2) is 80.4 Å². The number of piperazine rings is 1. The van der Waals surface area contributed by atoms with Gasteiger partial charge in [-0.15, -0.1) is 6.58 Å². The molecule has 45 heavy (non-hydrogen) atoms. The molecule has 1 aromatic heterocycles. The highest BCUT2D eigenvalue weighted by molar-refractivity contribution is 6.09. The van der Waals surface area contributed by atoms with E-state index in [2.05, 4.69) is 44.2 Å². The second kappa shape index (κ2) is 13.3. The molecule has 1 atom stereocenters. The van der Waals surface area contributed by atoms with Crippen molar-refractivity contribution in [2.24, 2.45) is 5.41 Å². The molecular weight excluding hydrogens is 568 g/mol. The van der Waals surface area contributed by atoms with Crippen LogP contribution in [0.3, 0.4) is 0 Å². The van der Waals surface area contributed by atoms with E-state index in [1.54, 1.807) is 21.0 Å². The third kappa shape index (κ3) is 6.96. The number of hydrogen-bond donors (Lipinski definition) is 1. The minimum absolute atomic E-state index is 0.0240. The standard InChI is InChI=1S/C35H44N6O4/c1-6-16-37-21-28(29(42)18-35(3,4)5)27-15-11-14-26(33(27)37)20-38-22-30-40(24-31(38)43)32(44)23-39(17-7-2)41(30)34(45)36-19-25-12-9-8-10-13-25/h7-15,21,30H,2,6,16-20,22-24H2,1,3-5H3,(H,36,45). The number of nitrogens with one attached hydrogen (secondary N) is 1. The first kappa shape index (κ1) is 32.0. The first-order chi connectivity index (χ1) is 21.5. The average Bonchev–Trinajstić information content (AvgIpc) is 3.36. The normalized spacial score (nSPS) is 17.5. The fourth-order valence-corrected chi connectivity index (χ4v) is 6.28. The number of carbonyl (C=O) groups is 4. The van der Waals surface area contributed by atoms with E-state index in [0.717, 1.165) is 35.0 Å². The number of ketones is 1. The maximum absolute atomic E-state index is 13.7. The first-order valence-corrected chi connectivity index (χ1v) is 15.7. The Kier molecular flexibility index (Phi) is 9.43. The number of carbonyl (C=O) groups excluding carboxylic acids is 4. The number of nitrogens with zero attached hydrogens (tertiary/aromatic N) is 5. The highest BCUT2D eigenvalue weighted by atomic mass is 16.2. The van der Waals surface area contributed by atoms with Crippen LogP contribution >= 0.6 is 0 Å². The minimum Gasteiger partial charge on any atom is -0.346 e. The van der Waals surface area contributed by atoms with Gasteiger partial charge >= 0.3 is 6.03 Å². The van der Waals surface area contributed by atoms with Crippen molar-refractivity contribution in [1.82, 2.24) is 29.7 Å². The van der Waals surface area contributed by atoms with Crippen LogP contribution in [0.25, 0.3) is 10.9 Å². The number of rotatable bonds is 10. The fraction of sp³-hybridized carbons (Fsp3) is 0.429. The third-order valence-corrected chi connectivity index (χ3v) is 8.26. The Morgan fingerprint density at radius 2 is 1.78 bits per heavy atom. The topological polar surface area (TPSA) is 98.2 Å². The number of hydrogen-bond acceptors (Lipinski definition) is 5. The van der Waals surface area contributed by atoms with Gasteiger partial charge in [-0.2, -0.15) is 0 Å². The molecule has 10 heteroatoms. The van der Waals surface area contributed by atoms with Crippen LogP contribution in [0, 0.1) is 5.41 Å². The summed E-state index contributed by atoms with van der Waals surface area (Å²) in [7, 11) is 0. The van der Waals surface area contributed by atoms with Crippen molar-refractivity contribution in [1.29, 1.82) is 0 Å². The second-order valence-electron chi connectivity index (χ2n) is 13.1. The van der Waals surface area contributed by atoms with Gasteiger partial charge in [0.25, 0.3) is 0 Å². The lowest BCUT2D eigenvalue weighted by atomic mass is 9.88. The number of amides is 4. The molecule has 2 saturated heterocycles. The molecule has 4 amide bonds. The highest BCUT2D eigenvalue weighted by Gasteiger charge is 2.46. The van der Waals surface area contributed by atoms with Gasteiger partial charge in [-0.1, -0.05) is 82.3 Å². The molecule has 2 aliphatic heterocycles. The van der Waals surface area contributed by atoms with Crippen LogP contribution in [0.2, 0.25) is 0 Å². The quantitative estimate of drug-likeness (QED) is 0.262. The van der Waals surface area contributed by atoms with Gasteiger partial charge in [0.05, 0.1) is 18.6 Å². The Morgan fingerprint density at radius 1 is 1.02 bits per heavy atom. The molecule has 5 rings (SSSR count). The van der Waals surface area contributed by atoms with Gasteiger partial charge in [0.15, 0.2) is 5.78 Å². The lowest BCUT2D eigenvalue weighted by molar-refractivity contribution is -0.180. The minimum atomic E-state index is -0.676. The number of urea groups is 1. The number of aromatic nitrogens is 1. The third-order valence-electron chi connectivity index (χ3n) is 8.26. The van der Waals surface area contributed by atoms with Crippen LogP contribution in [0.15, 0.2) is 67.4 Å². The van der Waals surface area contributed by atoms with Crippen molar-refractivity contribution in [3.63, 3.8) is 0 Å². The zero-order valence-electron chi connectivity index (χ0n) is 26.8. The Hall–Kier alpha value is -4.44. The number of aryl methyl sites for hydroxylation is 1. The van der Waals surface area contributed by atoms with Gasteiger partial charge in [-0.25, -0.2) is 14.8 Å². The van der Waals surface area contributed by atoms with Crippen molar-refractivity contribution < 1.29 is 19.2 Å². The maximum atomic E-state index is 13.7. The monoisotopic (exact) mass is 612 g/mol. The van der Waals surface area contributed by atoms with Crippen LogP contribution in [0.5, 0.6) is 0 Å². The van der Waals surface area contributed by atoms with Gasteiger partial charge in [-0.05, 0) is 23.0 Å². The smallest absolute Gasteiger partial charge is 0.334 e.